The Kier molecular flexibility index (Phi) is 3.73. The number of furan rings is 1. The molecule has 17 heavy (non-hydrogen) atoms. The van der Waals surface area contributed by atoms with E-state index in [1.165, 1.54) is 24.4 Å². The van der Waals surface area contributed by atoms with Crippen LogP contribution in [-0.4, -0.2) is 15.9 Å². The van der Waals surface area contributed by atoms with Crippen LogP contribution < -0.4 is 11.3 Å². The molecule has 6 nitrogen and oxygen atoms in total. The number of thioether (sulfide) groups is 1. The van der Waals surface area contributed by atoms with Crippen LogP contribution in [0.3, 0.4) is 0 Å². The van der Waals surface area contributed by atoms with Crippen LogP contribution in [0.2, 0.25) is 0 Å². The van der Waals surface area contributed by atoms with Gasteiger partial charge in [0, 0.05) is 6.20 Å². The smallest absolute Gasteiger partial charge is 0.268 e. The first kappa shape index (κ1) is 11.6. The fourth-order valence-electron chi connectivity index (χ4n) is 1.17. The molecule has 1 amide bonds. The van der Waals surface area contributed by atoms with Crippen LogP contribution in [-0.2, 0) is 5.75 Å². The standard InChI is InChI=1S/C10H10N4O2S/c11-14-10(15)7-3-8(16-4-7)5-17-9-1-2-12-6-13-9/h1-4,6H,5,11H2,(H,14,15). The maximum absolute atomic E-state index is 11.2. The molecular formula is C10H10N4O2S. The molecule has 2 aromatic heterocycles. The van der Waals surface area contributed by atoms with E-state index in [0.717, 1.165) is 5.03 Å². The van der Waals surface area contributed by atoms with Gasteiger partial charge in [0.05, 0.1) is 16.3 Å². The zero-order chi connectivity index (χ0) is 12.1. The maximum atomic E-state index is 11.2. The summed E-state index contributed by atoms with van der Waals surface area (Å²) in [4.78, 5) is 19.1. The van der Waals surface area contributed by atoms with Gasteiger partial charge in [0.25, 0.3) is 5.91 Å². The molecule has 0 atom stereocenters. The van der Waals surface area contributed by atoms with E-state index in [2.05, 4.69) is 9.97 Å². The maximum Gasteiger partial charge on any atom is 0.268 e. The largest absolute Gasteiger partial charge is 0.468 e. The monoisotopic (exact) mass is 250 g/mol. The van der Waals surface area contributed by atoms with Crippen LogP contribution in [0.15, 0.2) is 40.4 Å². The van der Waals surface area contributed by atoms with Gasteiger partial charge in [-0.05, 0) is 12.1 Å². The van der Waals surface area contributed by atoms with Gasteiger partial charge in [0.2, 0.25) is 0 Å². The highest BCUT2D eigenvalue weighted by Gasteiger charge is 2.08. The number of nitrogens with one attached hydrogen (secondary N) is 1. The summed E-state index contributed by atoms with van der Waals surface area (Å²) in [5.74, 6) is 5.93. The molecule has 0 saturated heterocycles. The molecule has 0 saturated carbocycles. The second kappa shape index (κ2) is 5.46. The Balaban J connectivity index is 1.96. The van der Waals surface area contributed by atoms with E-state index in [4.69, 9.17) is 10.3 Å². The molecule has 0 aliphatic heterocycles. The molecular weight excluding hydrogens is 240 g/mol. The molecule has 2 heterocycles. The highest BCUT2D eigenvalue weighted by molar-refractivity contribution is 7.98. The first-order valence-corrected chi connectivity index (χ1v) is 5.75. The summed E-state index contributed by atoms with van der Waals surface area (Å²) in [6.45, 7) is 0. The molecule has 0 spiro atoms. The van der Waals surface area contributed by atoms with Crippen molar-refractivity contribution in [1.82, 2.24) is 15.4 Å². The average Bonchev–Trinajstić information content (AvgIpc) is 2.85. The van der Waals surface area contributed by atoms with E-state index in [-0.39, 0.29) is 5.91 Å². The number of hydrogen-bond donors (Lipinski definition) is 2. The molecule has 7 heteroatoms. The lowest BCUT2D eigenvalue weighted by atomic mass is 10.3. The predicted molar refractivity (Wildman–Crippen MR) is 62.0 cm³/mol. The minimum atomic E-state index is -0.368. The fourth-order valence-corrected chi connectivity index (χ4v) is 1.89. The van der Waals surface area contributed by atoms with Gasteiger partial charge in [-0.2, -0.15) is 0 Å². The number of nitrogens with two attached hydrogens (primary N) is 1. The van der Waals surface area contributed by atoms with Gasteiger partial charge in [0.1, 0.15) is 18.4 Å². The van der Waals surface area contributed by atoms with E-state index in [1.807, 2.05) is 5.43 Å². The summed E-state index contributed by atoms with van der Waals surface area (Å²) in [6.07, 6.45) is 4.53. The van der Waals surface area contributed by atoms with Crippen molar-refractivity contribution in [3.63, 3.8) is 0 Å². The minimum absolute atomic E-state index is 0.368. The number of carbonyl (C=O) groups excluding carboxylic acids is 1. The molecule has 0 fully saturated rings. The highest BCUT2D eigenvalue weighted by Crippen LogP contribution is 2.21. The van der Waals surface area contributed by atoms with Crippen molar-refractivity contribution in [1.29, 1.82) is 0 Å². The lowest BCUT2D eigenvalue weighted by Crippen LogP contribution is -2.29. The van der Waals surface area contributed by atoms with E-state index >= 15 is 0 Å². The molecule has 2 aromatic rings. The number of hydrogen-bond acceptors (Lipinski definition) is 6. The Morgan fingerprint density at radius 1 is 1.59 bits per heavy atom. The minimum Gasteiger partial charge on any atom is -0.468 e. The summed E-state index contributed by atoms with van der Waals surface area (Å²) >= 11 is 1.50. The number of nitrogen functional groups attached to an aromatic ring is 1. The van der Waals surface area contributed by atoms with Gasteiger partial charge < -0.3 is 4.42 Å². The Hall–Kier alpha value is -1.86. The number of aromatic nitrogens is 2. The van der Waals surface area contributed by atoms with Crippen LogP contribution in [0.1, 0.15) is 16.1 Å². The normalized spacial score (nSPS) is 10.2. The summed E-state index contributed by atoms with van der Waals surface area (Å²) in [5.41, 5.74) is 2.45. The Morgan fingerprint density at radius 3 is 3.18 bits per heavy atom. The molecule has 2 rings (SSSR count). The van der Waals surface area contributed by atoms with Gasteiger partial charge in [-0.3, -0.25) is 10.2 Å². The van der Waals surface area contributed by atoms with Gasteiger partial charge >= 0.3 is 0 Å². The van der Waals surface area contributed by atoms with Crippen molar-refractivity contribution in [2.45, 2.75) is 10.8 Å². The van der Waals surface area contributed by atoms with Crippen LogP contribution in [0.25, 0.3) is 0 Å². The van der Waals surface area contributed by atoms with E-state index in [0.29, 0.717) is 17.1 Å². The molecule has 0 unspecified atom stereocenters. The predicted octanol–water partition coefficient (Wildman–Crippen LogP) is 0.965. The first-order chi connectivity index (χ1) is 8.29. The third-order valence-corrected chi connectivity index (χ3v) is 2.93. The van der Waals surface area contributed by atoms with Crippen molar-refractivity contribution < 1.29 is 9.21 Å². The lowest BCUT2D eigenvalue weighted by Gasteiger charge is -1.96. The third-order valence-electron chi connectivity index (χ3n) is 1.96. The topological polar surface area (TPSA) is 94.0 Å². The molecule has 0 radical (unpaired) electrons. The molecule has 0 aliphatic carbocycles. The summed E-state index contributed by atoms with van der Waals surface area (Å²) in [7, 11) is 0. The van der Waals surface area contributed by atoms with Gasteiger partial charge in [-0.1, -0.05) is 11.8 Å². The Bertz CT molecular complexity index is 500. The summed E-state index contributed by atoms with van der Waals surface area (Å²) in [5, 5.41) is 0.848. The fraction of sp³-hybridized carbons (Fsp3) is 0.100. The molecule has 0 aromatic carbocycles. The second-order valence-electron chi connectivity index (χ2n) is 3.11. The van der Waals surface area contributed by atoms with Crippen molar-refractivity contribution in [3.05, 3.63) is 42.2 Å². The molecule has 0 bridgehead atoms. The van der Waals surface area contributed by atoms with Gasteiger partial charge in [-0.25, -0.2) is 15.8 Å². The average molecular weight is 250 g/mol. The third kappa shape index (κ3) is 3.05. The van der Waals surface area contributed by atoms with Crippen molar-refractivity contribution in [3.8, 4) is 0 Å². The zero-order valence-corrected chi connectivity index (χ0v) is 9.61. The summed E-state index contributed by atoms with van der Waals surface area (Å²) in [6, 6.07) is 3.46. The second-order valence-corrected chi connectivity index (χ2v) is 4.11. The molecule has 0 aliphatic rings. The highest BCUT2D eigenvalue weighted by atomic mass is 32.2. The van der Waals surface area contributed by atoms with E-state index in [1.54, 1.807) is 18.3 Å². The van der Waals surface area contributed by atoms with E-state index in [9.17, 15) is 4.79 Å². The van der Waals surface area contributed by atoms with Crippen molar-refractivity contribution in [2.24, 2.45) is 5.84 Å². The van der Waals surface area contributed by atoms with Crippen LogP contribution in [0.5, 0.6) is 0 Å². The quantitative estimate of drug-likeness (QED) is 0.276. The van der Waals surface area contributed by atoms with E-state index < -0.39 is 0 Å². The first-order valence-electron chi connectivity index (χ1n) is 4.77. The van der Waals surface area contributed by atoms with Crippen molar-refractivity contribution in [2.75, 3.05) is 0 Å². The summed E-state index contributed by atoms with van der Waals surface area (Å²) < 4.78 is 5.23. The molecule has 3 N–H and O–H groups in total. The van der Waals surface area contributed by atoms with Gasteiger partial charge in [0.15, 0.2) is 0 Å². The number of hydrazine groups is 1. The van der Waals surface area contributed by atoms with Crippen LogP contribution in [0.4, 0.5) is 0 Å². The number of nitrogens with zero attached hydrogens (tertiary/aromatic N) is 2. The van der Waals surface area contributed by atoms with Crippen LogP contribution in [0, 0.1) is 0 Å². The Labute approximate surface area is 102 Å². The van der Waals surface area contributed by atoms with Gasteiger partial charge in [-0.15, -0.1) is 0 Å². The number of carbonyl (C=O) groups is 1. The Morgan fingerprint density at radius 2 is 2.47 bits per heavy atom. The number of amides is 1. The number of rotatable bonds is 4. The van der Waals surface area contributed by atoms with Crippen molar-refractivity contribution >= 4 is 17.7 Å². The SMILES string of the molecule is NNC(=O)c1coc(CSc2ccncn2)c1. The van der Waals surface area contributed by atoms with Crippen LogP contribution >= 0.6 is 11.8 Å². The lowest BCUT2D eigenvalue weighted by molar-refractivity contribution is 0.0953. The molecule has 88 valence electrons. The zero-order valence-electron chi connectivity index (χ0n) is 8.79.